The summed E-state index contributed by atoms with van der Waals surface area (Å²) in [6.45, 7) is 3.22. The normalized spacial score (nSPS) is 29.5. The molecule has 0 saturated heterocycles. The van der Waals surface area contributed by atoms with Crippen LogP contribution in [-0.4, -0.2) is 17.7 Å². The third-order valence-corrected chi connectivity index (χ3v) is 3.77. The average Bonchev–Trinajstić information content (AvgIpc) is 1.95. The summed E-state index contributed by atoms with van der Waals surface area (Å²) >= 11 is 0. The Morgan fingerprint density at radius 2 is 2.15 bits per heavy atom. The van der Waals surface area contributed by atoms with Gasteiger partial charge in [0, 0.05) is 5.70 Å². The molecule has 0 heterocycles. The van der Waals surface area contributed by atoms with E-state index in [-0.39, 0.29) is 6.42 Å². The Bertz CT molecular complexity index is 380. The van der Waals surface area contributed by atoms with Gasteiger partial charge in [-0.15, -0.1) is 0 Å². The molecule has 74 valence electrons. The van der Waals surface area contributed by atoms with Crippen LogP contribution in [0.5, 0.6) is 0 Å². The minimum Gasteiger partial charge on any atom is -0.399 e. The summed E-state index contributed by atoms with van der Waals surface area (Å²) in [5, 5.41) is 0. The van der Waals surface area contributed by atoms with Gasteiger partial charge in [-0.1, -0.05) is 6.08 Å². The van der Waals surface area contributed by atoms with Gasteiger partial charge in [0.25, 0.3) is 10.1 Å². The lowest BCUT2D eigenvalue weighted by atomic mass is 9.94. The largest absolute Gasteiger partial charge is 0.399 e. The first-order chi connectivity index (χ1) is 5.76. The summed E-state index contributed by atoms with van der Waals surface area (Å²) in [4.78, 5) is 0. The standard InChI is InChI=1S/C8H13NO3S/c1-6-5-8(2,13(10,11)12)4-3-7(6)9/h3-4H,5,9H2,1-2H3,(H,10,11,12). The second kappa shape index (κ2) is 2.85. The molecule has 1 rings (SSSR count). The molecule has 0 fully saturated rings. The number of hydrogen-bond donors (Lipinski definition) is 2. The van der Waals surface area contributed by atoms with Crippen molar-refractivity contribution in [1.29, 1.82) is 0 Å². The van der Waals surface area contributed by atoms with Crippen LogP contribution in [0.1, 0.15) is 20.3 Å². The highest BCUT2D eigenvalue weighted by molar-refractivity contribution is 7.87. The van der Waals surface area contributed by atoms with E-state index in [9.17, 15) is 8.42 Å². The highest BCUT2D eigenvalue weighted by Crippen LogP contribution is 2.30. The van der Waals surface area contributed by atoms with Gasteiger partial charge in [0.15, 0.2) is 0 Å². The quantitative estimate of drug-likeness (QED) is 0.618. The fraction of sp³-hybridized carbons (Fsp3) is 0.500. The summed E-state index contributed by atoms with van der Waals surface area (Å²) in [7, 11) is -4.06. The maximum absolute atomic E-state index is 11.0. The van der Waals surface area contributed by atoms with E-state index in [0.717, 1.165) is 5.57 Å². The van der Waals surface area contributed by atoms with Crippen LogP contribution in [0.4, 0.5) is 0 Å². The van der Waals surface area contributed by atoms with E-state index in [0.29, 0.717) is 5.70 Å². The van der Waals surface area contributed by atoms with Gasteiger partial charge in [-0.05, 0) is 31.9 Å². The van der Waals surface area contributed by atoms with Crippen molar-refractivity contribution >= 4 is 10.1 Å². The topological polar surface area (TPSA) is 80.4 Å². The first-order valence-corrected chi connectivity index (χ1v) is 5.32. The lowest BCUT2D eigenvalue weighted by Gasteiger charge is -2.26. The summed E-state index contributed by atoms with van der Waals surface area (Å²) in [6, 6.07) is 0. The molecule has 0 aromatic heterocycles. The van der Waals surface area contributed by atoms with Gasteiger partial charge >= 0.3 is 0 Å². The molecule has 0 amide bonds. The molecular weight excluding hydrogens is 190 g/mol. The molecule has 1 atom stereocenters. The molecule has 0 radical (unpaired) electrons. The van der Waals surface area contributed by atoms with Crippen LogP contribution < -0.4 is 5.73 Å². The SMILES string of the molecule is CC1=C(N)C=CC(C)(S(=O)(=O)O)C1. The molecule has 1 aliphatic carbocycles. The highest BCUT2D eigenvalue weighted by atomic mass is 32.2. The zero-order valence-corrected chi connectivity index (χ0v) is 8.43. The predicted molar refractivity (Wildman–Crippen MR) is 50.6 cm³/mol. The minimum atomic E-state index is -4.06. The molecule has 4 nitrogen and oxygen atoms in total. The van der Waals surface area contributed by atoms with Gasteiger partial charge in [-0.3, -0.25) is 4.55 Å². The van der Waals surface area contributed by atoms with Crippen LogP contribution in [-0.2, 0) is 10.1 Å². The van der Waals surface area contributed by atoms with Crippen molar-refractivity contribution in [3.8, 4) is 0 Å². The Balaban J connectivity index is 3.12. The molecule has 0 bridgehead atoms. The molecule has 0 saturated carbocycles. The summed E-state index contributed by atoms with van der Waals surface area (Å²) < 4.78 is 29.7. The summed E-state index contributed by atoms with van der Waals surface area (Å²) in [6.07, 6.45) is 3.19. The molecule has 0 aromatic carbocycles. The lowest BCUT2D eigenvalue weighted by molar-refractivity contribution is 0.450. The minimum absolute atomic E-state index is 0.244. The van der Waals surface area contributed by atoms with E-state index in [1.54, 1.807) is 6.92 Å². The first kappa shape index (κ1) is 10.3. The molecule has 0 aromatic rings. The van der Waals surface area contributed by atoms with Crippen LogP contribution in [0.25, 0.3) is 0 Å². The molecule has 0 spiro atoms. The fourth-order valence-corrected chi connectivity index (χ4v) is 1.91. The van der Waals surface area contributed by atoms with Gasteiger partial charge in [-0.25, -0.2) is 0 Å². The fourth-order valence-electron chi connectivity index (χ4n) is 1.27. The Kier molecular flexibility index (Phi) is 2.25. The van der Waals surface area contributed by atoms with Crippen LogP contribution in [0, 0.1) is 0 Å². The van der Waals surface area contributed by atoms with Crippen molar-refractivity contribution in [3.63, 3.8) is 0 Å². The molecule has 1 unspecified atom stereocenters. The second-order valence-corrected chi connectivity index (χ2v) is 5.42. The second-order valence-electron chi connectivity index (χ2n) is 3.53. The molecule has 3 N–H and O–H groups in total. The number of allylic oxidation sites excluding steroid dienone is 2. The van der Waals surface area contributed by atoms with Crippen molar-refractivity contribution in [3.05, 3.63) is 23.4 Å². The Morgan fingerprint density at radius 3 is 2.54 bits per heavy atom. The van der Waals surface area contributed by atoms with Crippen molar-refractivity contribution < 1.29 is 13.0 Å². The van der Waals surface area contributed by atoms with E-state index >= 15 is 0 Å². The van der Waals surface area contributed by atoms with Crippen LogP contribution in [0.3, 0.4) is 0 Å². The molecule has 1 aliphatic rings. The van der Waals surface area contributed by atoms with Crippen molar-refractivity contribution in [2.45, 2.75) is 25.0 Å². The Labute approximate surface area is 77.9 Å². The smallest absolute Gasteiger partial charge is 0.274 e. The van der Waals surface area contributed by atoms with Crippen molar-refractivity contribution in [2.75, 3.05) is 0 Å². The lowest BCUT2D eigenvalue weighted by Crippen LogP contribution is -2.35. The molecule has 0 aliphatic heterocycles. The maximum Gasteiger partial charge on any atom is 0.274 e. The molecular formula is C8H13NO3S. The van der Waals surface area contributed by atoms with Crippen molar-refractivity contribution in [2.24, 2.45) is 5.73 Å². The highest BCUT2D eigenvalue weighted by Gasteiger charge is 2.37. The van der Waals surface area contributed by atoms with Crippen molar-refractivity contribution in [1.82, 2.24) is 0 Å². The van der Waals surface area contributed by atoms with Crippen LogP contribution >= 0.6 is 0 Å². The van der Waals surface area contributed by atoms with Crippen LogP contribution in [0.15, 0.2) is 23.4 Å². The van der Waals surface area contributed by atoms with Gasteiger partial charge in [0.2, 0.25) is 0 Å². The Hall–Kier alpha value is -0.810. The van der Waals surface area contributed by atoms with Gasteiger partial charge in [-0.2, -0.15) is 8.42 Å². The molecule has 13 heavy (non-hydrogen) atoms. The maximum atomic E-state index is 11.0. The Morgan fingerprint density at radius 1 is 1.62 bits per heavy atom. The van der Waals surface area contributed by atoms with Crippen LogP contribution in [0.2, 0.25) is 0 Å². The van der Waals surface area contributed by atoms with E-state index in [1.807, 2.05) is 0 Å². The van der Waals surface area contributed by atoms with Gasteiger partial charge < -0.3 is 5.73 Å². The number of rotatable bonds is 1. The predicted octanol–water partition coefficient (Wildman–Crippen LogP) is 0.825. The van der Waals surface area contributed by atoms with Gasteiger partial charge in [0.1, 0.15) is 4.75 Å². The summed E-state index contributed by atoms with van der Waals surface area (Å²) in [5.41, 5.74) is 6.91. The van der Waals surface area contributed by atoms with E-state index in [2.05, 4.69) is 0 Å². The average molecular weight is 203 g/mol. The zero-order chi connectivity index (χ0) is 10.3. The molecule has 5 heteroatoms. The number of hydrogen-bond acceptors (Lipinski definition) is 3. The third kappa shape index (κ3) is 1.76. The summed E-state index contributed by atoms with van der Waals surface area (Å²) in [5.74, 6) is 0. The monoisotopic (exact) mass is 203 g/mol. The van der Waals surface area contributed by atoms with E-state index < -0.39 is 14.9 Å². The van der Waals surface area contributed by atoms with E-state index in [1.165, 1.54) is 19.1 Å². The van der Waals surface area contributed by atoms with E-state index in [4.69, 9.17) is 10.3 Å². The van der Waals surface area contributed by atoms with Gasteiger partial charge in [0.05, 0.1) is 0 Å². The third-order valence-electron chi connectivity index (χ3n) is 2.31. The first-order valence-electron chi connectivity index (χ1n) is 3.88. The zero-order valence-electron chi connectivity index (χ0n) is 7.61. The number of nitrogens with two attached hydrogens (primary N) is 1.